The van der Waals surface area contributed by atoms with E-state index >= 15 is 0 Å². The number of aliphatic hydroxyl groups is 1. The highest BCUT2D eigenvalue weighted by Gasteiger charge is 2.54. The maximum Gasteiger partial charge on any atom is 0.254 e. The molecule has 0 bridgehead atoms. The minimum atomic E-state index is -0.573. The Kier molecular flexibility index (Phi) is 7.57. The summed E-state index contributed by atoms with van der Waals surface area (Å²) in [5, 5.41) is 14.8. The van der Waals surface area contributed by atoms with Crippen molar-refractivity contribution in [3.8, 4) is 0 Å². The van der Waals surface area contributed by atoms with Crippen LogP contribution in [0.1, 0.15) is 69.7 Å². The Bertz CT molecular complexity index is 868. The molecular formula is C26H40N4O4. The molecule has 34 heavy (non-hydrogen) atoms. The molecule has 8 nitrogen and oxygen atoms in total. The van der Waals surface area contributed by atoms with Crippen molar-refractivity contribution in [3.05, 3.63) is 24.3 Å². The molecule has 3 aliphatic rings. The molecule has 3 fully saturated rings. The van der Waals surface area contributed by atoms with Gasteiger partial charge in [0, 0.05) is 38.0 Å². The number of likely N-dealkylation sites (tertiary alicyclic amines) is 1. The summed E-state index contributed by atoms with van der Waals surface area (Å²) in [7, 11) is 1.68. The highest BCUT2D eigenvalue weighted by molar-refractivity contribution is 5.93. The van der Waals surface area contributed by atoms with Gasteiger partial charge in [-0.05, 0) is 61.7 Å². The first-order valence-corrected chi connectivity index (χ1v) is 12.8. The molecule has 0 aromatic carbocycles. The fourth-order valence-electron chi connectivity index (χ4n) is 7.10. The number of carbonyl (C=O) groups excluding carboxylic acids is 2. The van der Waals surface area contributed by atoms with Crippen molar-refractivity contribution in [2.75, 3.05) is 20.3 Å². The average molecular weight is 473 g/mol. The molecule has 2 aliphatic carbocycles. The number of aromatic nitrogens is 2. The highest BCUT2D eigenvalue weighted by atomic mass is 16.5. The molecule has 1 saturated heterocycles. The van der Waals surface area contributed by atoms with Gasteiger partial charge < -0.3 is 20.1 Å². The van der Waals surface area contributed by atoms with E-state index in [1.165, 1.54) is 18.7 Å². The van der Waals surface area contributed by atoms with Gasteiger partial charge >= 0.3 is 0 Å². The van der Waals surface area contributed by atoms with Gasteiger partial charge in [-0.25, -0.2) is 9.97 Å². The number of nitrogens with one attached hydrogen (secondary N) is 1. The van der Waals surface area contributed by atoms with Gasteiger partial charge in [0.25, 0.3) is 5.91 Å². The van der Waals surface area contributed by atoms with E-state index < -0.39 is 6.10 Å². The molecule has 2 amide bonds. The second-order valence-electron chi connectivity index (χ2n) is 11.0. The number of aliphatic hydroxyl groups excluding tert-OH is 1. The normalized spacial score (nSPS) is 36.6. The van der Waals surface area contributed by atoms with Crippen molar-refractivity contribution >= 4 is 11.8 Å². The van der Waals surface area contributed by atoms with Crippen molar-refractivity contribution in [2.45, 2.75) is 77.5 Å². The lowest BCUT2D eigenvalue weighted by molar-refractivity contribution is -0.151. The average Bonchev–Trinajstić information content (AvgIpc) is 3.29. The van der Waals surface area contributed by atoms with Crippen LogP contribution >= 0.6 is 0 Å². The third-order valence-corrected chi connectivity index (χ3v) is 9.08. The molecule has 2 saturated carbocycles. The fourth-order valence-corrected chi connectivity index (χ4v) is 7.10. The SMILES string of the molecule is COCC1CCCN1C(=O)C(C)C1CCC2(C)CCC(NC(=O)c3cncnc3)C(C)C2C1O. The predicted octanol–water partition coefficient (Wildman–Crippen LogP) is 2.67. The fraction of sp³-hybridized carbons (Fsp3) is 0.769. The van der Waals surface area contributed by atoms with E-state index in [1.54, 1.807) is 7.11 Å². The van der Waals surface area contributed by atoms with Crippen LogP contribution in [0.2, 0.25) is 0 Å². The van der Waals surface area contributed by atoms with Gasteiger partial charge in [0.15, 0.2) is 0 Å². The second-order valence-corrected chi connectivity index (χ2v) is 11.0. The Morgan fingerprint density at radius 1 is 1.26 bits per heavy atom. The summed E-state index contributed by atoms with van der Waals surface area (Å²) in [6, 6.07) is 0.107. The Balaban J connectivity index is 1.47. The Labute approximate surface area is 202 Å². The molecule has 188 valence electrons. The molecule has 8 heteroatoms. The molecule has 2 N–H and O–H groups in total. The van der Waals surface area contributed by atoms with Crippen LogP contribution in [-0.4, -0.2) is 70.2 Å². The number of fused-ring (bicyclic) bond motifs is 1. The van der Waals surface area contributed by atoms with Crippen molar-refractivity contribution in [3.63, 3.8) is 0 Å². The molecule has 0 spiro atoms. The van der Waals surface area contributed by atoms with E-state index in [0.29, 0.717) is 12.2 Å². The van der Waals surface area contributed by atoms with Crippen LogP contribution in [0.4, 0.5) is 0 Å². The van der Waals surface area contributed by atoms with E-state index in [-0.39, 0.29) is 53.0 Å². The lowest BCUT2D eigenvalue weighted by Gasteiger charge is -2.56. The van der Waals surface area contributed by atoms with Crippen LogP contribution in [0, 0.1) is 29.1 Å². The van der Waals surface area contributed by atoms with Gasteiger partial charge in [-0.15, -0.1) is 0 Å². The number of hydrogen-bond donors (Lipinski definition) is 2. The van der Waals surface area contributed by atoms with Crippen molar-refractivity contribution in [1.29, 1.82) is 0 Å². The minimum absolute atomic E-state index is 0.0153. The molecule has 4 rings (SSSR count). The van der Waals surface area contributed by atoms with E-state index in [2.05, 4.69) is 29.1 Å². The molecular weight excluding hydrogens is 432 g/mol. The third kappa shape index (κ3) is 4.71. The van der Waals surface area contributed by atoms with E-state index in [9.17, 15) is 14.7 Å². The summed E-state index contributed by atoms with van der Waals surface area (Å²) in [6.45, 7) is 7.75. The monoisotopic (exact) mass is 472 g/mol. The smallest absolute Gasteiger partial charge is 0.254 e. The first-order chi connectivity index (χ1) is 16.3. The summed E-state index contributed by atoms with van der Waals surface area (Å²) in [5.41, 5.74) is 0.460. The van der Waals surface area contributed by atoms with Gasteiger partial charge in [0.2, 0.25) is 5.91 Å². The molecule has 1 aromatic heterocycles. The zero-order valence-corrected chi connectivity index (χ0v) is 20.9. The first-order valence-electron chi connectivity index (χ1n) is 12.8. The standard InChI is InChI=1S/C26H40N4O4/c1-16(25(33)30-11-5-6-19(30)14-34-4)20-7-9-26(3)10-8-21(17(2)22(26)23(20)31)29-24(32)18-12-27-15-28-13-18/h12-13,15-17,19-23,31H,5-11,14H2,1-4H3,(H,29,32). The summed E-state index contributed by atoms with van der Waals surface area (Å²) >= 11 is 0. The molecule has 8 atom stereocenters. The maximum atomic E-state index is 13.5. The largest absolute Gasteiger partial charge is 0.392 e. The predicted molar refractivity (Wildman–Crippen MR) is 128 cm³/mol. The lowest BCUT2D eigenvalue weighted by Crippen LogP contribution is -2.58. The third-order valence-electron chi connectivity index (χ3n) is 9.08. The Morgan fingerprint density at radius 2 is 1.97 bits per heavy atom. The number of carbonyl (C=O) groups is 2. The number of rotatable bonds is 6. The van der Waals surface area contributed by atoms with Gasteiger partial charge in [-0.1, -0.05) is 20.8 Å². The summed E-state index contributed by atoms with van der Waals surface area (Å²) in [5.74, 6) is -0.218. The lowest BCUT2D eigenvalue weighted by atomic mass is 9.51. The molecule has 2 heterocycles. The van der Waals surface area contributed by atoms with Gasteiger partial charge in [-0.3, -0.25) is 9.59 Å². The molecule has 1 aromatic rings. The van der Waals surface area contributed by atoms with Crippen LogP contribution in [0.15, 0.2) is 18.7 Å². The number of methoxy groups -OCH3 is 1. The maximum absolute atomic E-state index is 13.5. The topological polar surface area (TPSA) is 105 Å². The van der Waals surface area contributed by atoms with Crippen molar-refractivity contribution < 1.29 is 19.4 Å². The van der Waals surface area contributed by atoms with E-state index in [1.807, 2.05) is 11.8 Å². The number of nitrogens with zero attached hydrogens (tertiary/aromatic N) is 3. The van der Waals surface area contributed by atoms with E-state index in [4.69, 9.17) is 4.74 Å². The molecule has 0 radical (unpaired) electrons. The zero-order valence-electron chi connectivity index (χ0n) is 20.9. The van der Waals surface area contributed by atoms with E-state index in [0.717, 1.165) is 45.1 Å². The summed E-state index contributed by atoms with van der Waals surface area (Å²) in [6.07, 6.45) is 9.55. The number of hydrogen-bond acceptors (Lipinski definition) is 6. The highest BCUT2D eigenvalue weighted by Crippen LogP contribution is 2.55. The quantitative estimate of drug-likeness (QED) is 0.660. The van der Waals surface area contributed by atoms with Crippen LogP contribution in [0.5, 0.6) is 0 Å². The van der Waals surface area contributed by atoms with Crippen molar-refractivity contribution in [2.24, 2.45) is 29.1 Å². The second kappa shape index (κ2) is 10.3. The molecule has 8 unspecified atom stereocenters. The van der Waals surface area contributed by atoms with Crippen LogP contribution in [0.25, 0.3) is 0 Å². The van der Waals surface area contributed by atoms with Gasteiger partial charge in [0.05, 0.1) is 24.3 Å². The zero-order chi connectivity index (χ0) is 24.5. The van der Waals surface area contributed by atoms with Crippen LogP contribution in [-0.2, 0) is 9.53 Å². The van der Waals surface area contributed by atoms with Crippen LogP contribution in [0.3, 0.4) is 0 Å². The Morgan fingerprint density at radius 3 is 2.68 bits per heavy atom. The van der Waals surface area contributed by atoms with Gasteiger partial charge in [-0.2, -0.15) is 0 Å². The number of amides is 2. The summed E-state index contributed by atoms with van der Waals surface area (Å²) in [4.78, 5) is 36.1. The minimum Gasteiger partial charge on any atom is -0.392 e. The Hall–Kier alpha value is -2.06. The number of ether oxygens (including phenoxy) is 1. The van der Waals surface area contributed by atoms with Gasteiger partial charge in [0.1, 0.15) is 6.33 Å². The molecule has 1 aliphatic heterocycles. The van der Waals surface area contributed by atoms with Crippen LogP contribution < -0.4 is 5.32 Å². The van der Waals surface area contributed by atoms with Crippen molar-refractivity contribution in [1.82, 2.24) is 20.2 Å². The first kappa shape index (κ1) is 25.0. The summed E-state index contributed by atoms with van der Waals surface area (Å²) < 4.78 is 5.34.